The molecule has 2 aromatic carbocycles. The van der Waals surface area contributed by atoms with E-state index >= 15 is 0 Å². The summed E-state index contributed by atoms with van der Waals surface area (Å²) < 4.78 is 20.5. The summed E-state index contributed by atoms with van der Waals surface area (Å²) >= 11 is 1.37. The summed E-state index contributed by atoms with van der Waals surface area (Å²) in [5, 5.41) is 0. The summed E-state index contributed by atoms with van der Waals surface area (Å²) in [6.07, 6.45) is 0.175. The predicted molar refractivity (Wildman–Crippen MR) is 97.5 cm³/mol. The lowest BCUT2D eigenvalue weighted by Crippen LogP contribution is -2.19. The van der Waals surface area contributed by atoms with Crippen molar-refractivity contribution in [1.29, 1.82) is 0 Å². The Labute approximate surface area is 153 Å². The van der Waals surface area contributed by atoms with Crippen molar-refractivity contribution >= 4 is 33.4 Å². The number of methoxy groups -OCH3 is 1. The fourth-order valence-electron chi connectivity index (χ4n) is 2.53. The number of ether oxygens (including phenoxy) is 1. The van der Waals surface area contributed by atoms with Gasteiger partial charge in [0, 0.05) is 12.1 Å². The second kappa shape index (κ2) is 7.61. The van der Waals surface area contributed by atoms with Crippen molar-refractivity contribution in [2.24, 2.45) is 4.99 Å². The Morgan fingerprint density at radius 2 is 1.92 bits per heavy atom. The topological polar surface area (TPSA) is 60.7 Å². The highest BCUT2D eigenvalue weighted by Gasteiger charge is 2.11. The quantitative estimate of drug-likeness (QED) is 0.659. The van der Waals surface area contributed by atoms with Crippen molar-refractivity contribution in [3.8, 4) is 0 Å². The SMILES string of the molecule is COC(=O)CCn1c(=NC(=O)c2ccc(F)cc2)sc2cc(C)ccc21. The highest BCUT2D eigenvalue weighted by Crippen LogP contribution is 2.19. The maximum atomic E-state index is 13.0. The van der Waals surface area contributed by atoms with Gasteiger partial charge in [-0.25, -0.2) is 4.39 Å². The molecule has 0 bridgehead atoms. The number of carbonyl (C=O) groups excluding carboxylic acids is 2. The van der Waals surface area contributed by atoms with Crippen molar-refractivity contribution in [2.75, 3.05) is 7.11 Å². The van der Waals surface area contributed by atoms with E-state index in [4.69, 9.17) is 4.74 Å². The Kier molecular flexibility index (Phi) is 5.27. The molecule has 0 spiro atoms. The van der Waals surface area contributed by atoms with Gasteiger partial charge >= 0.3 is 5.97 Å². The molecule has 3 aromatic rings. The molecule has 0 aliphatic carbocycles. The first-order valence-electron chi connectivity index (χ1n) is 7.99. The number of halogens is 1. The van der Waals surface area contributed by atoms with E-state index in [1.807, 2.05) is 29.7 Å². The fourth-order valence-corrected chi connectivity index (χ4v) is 3.68. The van der Waals surface area contributed by atoms with E-state index in [1.165, 1.54) is 42.7 Å². The normalized spacial score (nSPS) is 11.7. The van der Waals surface area contributed by atoms with Crippen molar-refractivity contribution < 1.29 is 18.7 Å². The van der Waals surface area contributed by atoms with E-state index in [-0.39, 0.29) is 12.4 Å². The minimum atomic E-state index is -0.458. The average Bonchev–Trinajstić information content (AvgIpc) is 2.96. The Balaban J connectivity index is 2.06. The van der Waals surface area contributed by atoms with Crippen LogP contribution in [0.4, 0.5) is 4.39 Å². The molecule has 0 fully saturated rings. The molecular formula is C19H17FN2O3S. The monoisotopic (exact) mass is 372 g/mol. The molecule has 5 nitrogen and oxygen atoms in total. The summed E-state index contributed by atoms with van der Waals surface area (Å²) in [6, 6.07) is 11.2. The third-order valence-corrected chi connectivity index (χ3v) is 4.93. The number of amides is 1. The summed E-state index contributed by atoms with van der Waals surface area (Å²) in [4.78, 5) is 28.6. The van der Waals surface area contributed by atoms with Gasteiger partial charge in [0.2, 0.25) is 0 Å². The van der Waals surface area contributed by atoms with Gasteiger partial charge in [-0.05, 0) is 48.9 Å². The molecule has 3 rings (SSSR count). The van der Waals surface area contributed by atoms with Crippen molar-refractivity contribution in [3.05, 3.63) is 64.2 Å². The first-order chi connectivity index (χ1) is 12.5. The van der Waals surface area contributed by atoms with E-state index in [2.05, 4.69) is 4.99 Å². The second-order valence-electron chi connectivity index (χ2n) is 5.76. The molecule has 0 aliphatic heterocycles. The Morgan fingerprint density at radius 3 is 2.62 bits per heavy atom. The maximum Gasteiger partial charge on any atom is 0.307 e. The zero-order valence-corrected chi connectivity index (χ0v) is 15.2. The van der Waals surface area contributed by atoms with Crippen LogP contribution in [0.1, 0.15) is 22.3 Å². The molecule has 0 radical (unpaired) electrons. The van der Waals surface area contributed by atoms with E-state index < -0.39 is 11.7 Å². The van der Waals surface area contributed by atoms with Gasteiger partial charge in [0.15, 0.2) is 4.80 Å². The van der Waals surface area contributed by atoms with Crippen LogP contribution < -0.4 is 4.80 Å². The van der Waals surface area contributed by atoms with Gasteiger partial charge in [0.25, 0.3) is 5.91 Å². The summed E-state index contributed by atoms with van der Waals surface area (Å²) in [5.41, 5.74) is 2.30. The number of aromatic nitrogens is 1. The van der Waals surface area contributed by atoms with Crippen LogP contribution in [-0.2, 0) is 16.1 Å². The number of thiazole rings is 1. The summed E-state index contributed by atoms with van der Waals surface area (Å²) in [6.45, 7) is 2.34. The standard InChI is InChI=1S/C19H17FN2O3S/c1-12-3-8-15-16(11-12)26-19(22(15)10-9-17(23)25-2)21-18(24)13-4-6-14(20)7-5-13/h3-8,11H,9-10H2,1-2H3. The van der Waals surface area contributed by atoms with Gasteiger partial charge in [0.1, 0.15) is 5.82 Å². The van der Waals surface area contributed by atoms with Crippen molar-refractivity contribution in [1.82, 2.24) is 4.57 Å². The average molecular weight is 372 g/mol. The molecule has 0 unspecified atom stereocenters. The van der Waals surface area contributed by atoms with Crippen LogP contribution >= 0.6 is 11.3 Å². The molecule has 26 heavy (non-hydrogen) atoms. The van der Waals surface area contributed by atoms with Crippen LogP contribution in [-0.4, -0.2) is 23.6 Å². The van der Waals surface area contributed by atoms with Gasteiger partial charge in [-0.15, -0.1) is 0 Å². The van der Waals surface area contributed by atoms with Crippen molar-refractivity contribution in [3.63, 3.8) is 0 Å². The second-order valence-corrected chi connectivity index (χ2v) is 6.77. The van der Waals surface area contributed by atoms with Gasteiger partial charge in [0.05, 0.1) is 23.7 Å². The smallest absolute Gasteiger partial charge is 0.307 e. The maximum absolute atomic E-state index is 13.0. The van der Waals surface area contributed by atoms with E-state index in [0.29, 0.717) is 16.9 Å². The molecular weight excluding hydrogens is 355 g/mol. The molecule has 1 heterocycles. The first kappa shape index (κ1) is 18.0. The molecule has 0 saturated carbocycles. The molecule has 0 saturated heterocycles. The van der Waals surface area contributed by atoms with E-state index in [1.54, 1.807) is 0 Å². The fraction of sp³-hybridized carbons (Fsp3) is 0.211. The predicted octanol–water partition coefficient (Wildman–Crippen LogP) is 3.45. The minimum absolute atomic E-state index is 0.175. The number of fused-ring (bicyclic) bond motifs is 1. The largest absolute Gasteiger partial charge is 0.469 e. The third-order valence-electron chi connectivity index (χ3n) is 3.89. The number of hydrogen-bond donors (Lipinski definition) is 0. The van der Waals surface area contributed by atoms with E-state index in [0.717, 1.165) is 15.8 Å². The van der Waals surface area contributed by atoms with Crippen LogP contribution in [0.25, 0.3) is 10.2 Å². The Bertz CT molecular complexity index is 1040. The summed E-state index contributed by atoms with van der Waals surface area (Å²) in [7, 11) is 1.34. The van der Waals surface area contributed by atoms with Gasteiger partial charge < -0.3 is 9.30 Å². The van der Waals surface area contributed by atoms with Crippen molar-refractivity contribution in [2.45, 2.75) is 19.9 Å². The lowest BCUT2D eigenvalue weighted by atomic mass is 10.2. The highest BCUT2D eigenvalue weighted by molar-refractivity contribution is 7.16. The minimum Gasteiger partial charge on any atom is -0.469 e. The van der Waals surface area contributed by atoms with Crippen LogP contribution in [0.3, 0.4) is 0 Å². The molecule has 1 amide bonds. The number of aryl methyl sites for hydroxylation is 2. The Morgan fingerprint density at radius 1 is 1.19 bits per heavy atom. The van der Waals surface area contributed by atoms with E-state index in [9.17, 15) is 14.0 Å². The number of hydrogen-bond acceptors (Lipinski definition) is 4. The van der Waals surface area contributed by atoms with Gasteiger partial charge in [-0.2, -0.15) is 4.99 Å². The first-order valence-corrected chi connectivity index (χ1v) is 8.81. The van der Waals surface area contributed by atoms with Gasteiger partial charge in [-0.3, -0.25) is 9.59 Å². The molecule has 0 aliphatic rings. The number of benzene rings is 2. The molecule has 0 atom stereocenters. The van der Waals surface area contributed by atoms with Crippen LogP contribution in [0.5, 0.6) is 0 Å². The zero-order valence-electron chi connectivity index (χ0n) is 14.4. The Hall–Kier alpha value is -2.80. The third kappa shape index (κ3) is 3.88. The molecule has 1 aromatic heterocycles. The lowest BCUT2D eigenvalue weighted by molar-refractivity contribution is -0.140. The molecule has 0 N–H and O–H groups in total. The lowest BCUT2D eigenvalue weighted by Gasteiger charge is -2.04. The number of rotatable bonds is 4. The number of esters is 1. The molecule has 134 valence electrons. The summed E-state index contributed by atoms with van der Waals surface area (Å²) in [5.74, 6) is -1.20. The zero-order chi connectivity index (χ0) is 18.7. The molecule has 7 heteroatoms. The highest BCUT2D eigenvalue weighted by atomic mass is 32.1. The number of carbonyl (C=O) groups is 2. The van der Waals surface area contributed by atoms with Gasteiger partial charge in [-0.1, -0.05) is 17.4 Å². The number of nitrogens with zero attached hydrogens (tertiary/aromatic N) is 2. The van der Waals surface area contributed by atoms with Crippen LogP contribution in [0.2, 0.25) is 0 Å². The van der Waals surface area contributed by atoms with Crippen LogP contribution in [0.15, 0.2) is 47.5 Å². The van der Waals surface area contributed by atoms with Crippen LogP contribution in [0, 0.1) is 12.7 Å².